The van der Waals surface area contributed by atoms with E-state index in [-0.39, 0.29) is 5.91 Å². The molecule has 1 aromatic carbocycles. The van der Waals surface area contributed by atoms with Gasteiger partial charge in [0.15, 0.2) is 5.01 Å². The maximum atomic E-state index is 12.5. The van der Waals surface area contributed by atoms with Gasteiger partial charge in [0.05, 0.1) is 0 Å². The predicted octanol–water partition coefficient (Wildman–Crippen LogP) is 2.41. The molecule has 0 saturated heterocycles. The van der Waals surface area contributed by atoms with E-state index in [1.807, 2.05) is 18.2 Å². The van der Waals surface area contributed by atoms with Crippen LogP contribution in [0.3, 0.4) is 0 Å². The van der Waals surface area contributed by atoms with E-state index in [0.29, 0.717) is 28.1 Å². The number of hydrogen-bond donors (Lipinski definition) is 2. The standard InChI is InChI=1S/C18H17N5O2S/c24-17(13-1-2-14-10-20-6-3-12(14)9-13)21-18-23-22-16(26-18)11-25-15-4-7-19-8-5-15/h1-2,4-5,7-9,20H,3,6,10-11H2,(H,21,23,24). The summed E-state index contributed by atoms with van der Waals surface area (Å²) in [6.07, 6.45) is 4.26. The summed E-state index contributed by atoms with van der Waals surface area (Å²) in [7, 11) is 0. The van der Waals surface area contributed by atoms with Gasteiger partial charge in [-0.15, -0.1) is 10.2 Å². The maximum absolute atomic E-state index is 12.5. The number of nitrogens with one attached hydrogen (secondary N) is 2. The fraction of sp³-hybridized carbons (Fsp3) is 0.222. The van der Waals surface area contributed by atoms with E-state index in [0.717, 1.165) is 19.5 Å². The van der Waals surface area contributed by atoms with E-state index in [1.54, 1.807) is 24.5 Å². The number of anilines is 1. The van der Waals surface area contributed by atoms with Crippen molar-refractivity contribution in [2.75, 3.05) is 11.9 Å². The fourth-order valence-corrected chi connectivity index (χ4v) is 3.38. The number of carbonyl (C=O) groups excluding carboxylic acids is 1. The number of amides is 1. The largest absolute Gasteiger partial charge is 0.486 e. The molecule has 0 bridgehead atoms. The Morgan fingerprint density at radius 2 is 2.08 bits per heavy atom. The second kappa shape index (κ2) is 7.59. The van der Waals surface area contributed by atoms with Gasteiger partial charge in [0, 0.05) is 24.5 Å². The number of fused-ring (bicyclic) bond motifs is 1. The van der Waals surface area contributed by atoms with Gasteiger partial charge in [-0.05, 0) is 48.4 Å². The zero-order valence-electron chi connectivity index (χ0n) is 13.9. The van der Waals surface area contributed by atoms with Crippen LogP contribution in [0.15, 0.2) is 42.7 Å². The molecule has 1 amide bonds. The zero-order valence-corrected chi connectivity index (χ0v) is 14.8. The topological polar surface area (TPSA) is 89.0 Å². The first-order valence-corrected chi connectivity index (χ1v) is 9.09. The molecule has 2 N–H and O–H groups in total. The van der Waals surface area contributed by atoms with Gasteiger partial charge >= 0.3 is 0 Å². The molecule has 0 spiro atoms. The summed E-state index contributed by atoms with van der Waals surface area (Å²) in [5.74, 6) is 0.536. The number of benzene rings is 1. The molecule has 3 aromatic rings. The van der Waals surface area contributed by atoms with Crippen LogP contribution in [0.4, 0.5) is 5.13 Å². The fourth-order valence-electron chi connectivity index (χ4n) is 2.73. The van der Waals surface area contributed by atoms with Crippen LogP contribution < -0.4 is 15.4 Å². The summed E-state index contributed by atoms with van der Waals surface area (Å²) < 4.78 is 5.61. The molecule has 132 valence electrons. The average molecular weight is 367 g/mol. The van der Waals surface area contributed by atoms with Crippen LogP contribution in [-0.2, 0) is 19.6 Å². The Morgan fingerprint density at radius 1 is 1.19 bits per heavy atom. The molecular weight excluding hydrogens is 350 g/mol. The van der Waals surface area contributed by atoms with Crippen molar-refractivity contribution in [2.24, 2.45) is 0 Å². The summed E-state index contributed by atoms with van der Waals surface area (Å²) in [6.45, 7) is 2.09. The minimum Gasteiger partial charge on any atom is -0.486 e. The minimum atomic E-state index is -0.177. The molecule has 0 fully saturated rings. The number of pyridine rings is 1. The van der Waals surface area contributed by atoms with Gasteiger partial charge in [-0.25, -0.2) is 0 Å². The monoisotopic (exact) mass is 367 g/mol. The lowest BCUT2D eigenvalue weighted by atomic mass is 9.98. The highest BCUT2D eigenvalue weighted by Gasteiger charge is 2.14. The van der Waals surface area contributed by atoms with Crippen LogP contribution in [0.1, 0.15) is 26.5 Å². The molecule has 0 aliphatic carbocycles. The quantitative estimate of drug-likeness (QED) is 0.720. The zero-order chi connectivity index (χ0) is 17.8. The van der Waals surface area contributed by atoms with Crippen LogP contribution in [0.5, 0.6) is 5.75 Å². The lowest BCUT2D eigenvalue weighted by Gasteiger charge is -2.17. The van der Waals surface area contributed by atoms with E-state index in [1.165, 1.54) is 22.5 Å². The van der Waals surface area contributed by atoms with Gasteiger partial charge in [0.2, 0.25) is 5.13 Å². The van der Waals surface area contributed by atoms with Gasteiger partial charge in [-0.3, -0.25) is 15.1 Å². The molecule has 7 nitrogen and oxygen atoms in total. The van der Waals surface area contributed by atoms with E-state index < -0.39 is 0 Å². The Morgan fingerprint density at radius 3 is 2.96 bits per heavy atom. The SMILES string of the molecule is O=C(Nc1nnc(COc2ccncc2)s1)c1ccc2c(c1)CCNC2. The first-order valence-electron chi connectivity index (χ1n) is 8.27. The number of nitrogens with zero attached hydrogens (tertiary/aromatic N) is 3. The molecule has 4 rings (SSSR count). The van der Waals surface area contributed by atoms with E-state index in [9.17, 15) is 4.79 Å². The summed E-state index contributed by atoms with van der Waals surface area (Å²) in [5, 5.41) is 15.4. The normalized spacial score (nSPS) is 13.1. The van der Waals surface area contributed by atoms with Crippen molar-refractivity contribution >= 4 is 22.4 Å². The van der Waals surface area contributed by atoms with Crippen molar-refractivity contribution in [3.05, 3.63) is 64.4 Å². The highest BCUT2D eigenvalue weighted by atomic mass is 32.1. The Balaban J connectivity index is 1.38. The van der Waals surface area contributed by atoms with Crippen molar-refractivity contribution < 1.29 is 9.53 Å². The molecule has 0 unspecified atom stereocenters. The van der Waals surface area contributed by atoms with Crippen molar-refractivity contribution in [3.63, 3.8) is 0 Å². The Kier molecular flexibility index (Phi) is 4.85. The second-order valence-corrected chi connectivity index (χ2v) is 6.90. The third-order valence-electron chi connectivity index (χ3n) is 4.05. The van der Waals surface area contributed by atoms with Crippen LogP contribution >= 0.6 is 11.3 Å². The number of rotatable bonds is 5. The smallest absolute Gasteiger partial charge is 0.257 e. The lowest BCUT2D eigenvalue weighted by Crippen LogP contribution is -2.24. The highest BCUT2D eigenvalue weighted by molar-refractivity contribution is 7.15. The van der Waals surface area contributed by atoms with Crippen LogP contribution in [-0.4, -0.2) is 27.6 Å². The molecular formula is C18H17N5O2S. The number of aromatic nitrogens is 3. The Hall–Kier alpha value is -2.84. The van der Waals surface area contributed by atoms with Gasteiger partial charge in [0.25, 0.3) is 5.91 Å². The molecule has 0 saturated carbocycles. The van der Waals surface area contributed by atoms with E-state index >= 15 is 0 Å². The highest BCUT2D eigenvalue weighted by Crippen LogP contribution is 2.20. The van der Waals surface area contributed by atoms with Gasteiger partial charge < -0.3 is 10.1 Å². The average Bonchev–Trinajstić information content (AvgIpc) is 3.14. The molecule has 26 heavy (non-hydrogen) atoms. The first kappa shape index (κ1) is 16.6. The van der Waals surface area contributed by atoms with Crippen LogP contribution in [0, 0.1) is 0 Å². The predicted molar refractivity (Wildman–Crippen MR) is 98.3 cm³/mol. The van der Waals surface area contributed by atoms with Crippen molar-refractivity contribution in [2.45, 2.75) is 19.6 Å². The molecule has 0 radical (unpaired) electrons. The first-order chi connectivity index (χ1) is 12.8. The summed E-state index contributed by atoms with van der Waals surface area (Å²) in [6, 6.07) is 9.35. The minimum absolute atomic E-state index is 0.177. The Labute approximate surface area is 154 Å². The second-order valence-electron chi connectivity index (χ2n) is 5.84. The molecule has 2 aromatic heterocycles. The van der Waals surface area contributed by atoms with Crippen molar-refractivity contribution in [1.82, 2.24) is 20.5 Å². The molecule has 1 aliphatic rings. The molecule has 3 heterocycles. The Bertz CT molecular complexity index is 913. The van der Waals surface area contributed by atoms with Gasteiger partial charge in [0.1, 0.15) is 12.4 Å². The third kappa shape index (κ3) is 3.87. The molecule has 0 atom stereocenters. The lowest BCUT2D eigenvalue weighted by molar-refractivity contribution is 0.102. The van der Waals surface area contributed by atoms with Crippen molar-refractivity contribution in [1.29, 1.82) is 0 Å². The number of hydrogen-bond acceptors (Lipinski definition) is 7. The summed E-state index contributed by atoms with van der Waals surface area (Å²) in [5.41, 5.74) is 3.11. The van der Waals surface area contributed by atoms with Gasteiger partial charge in [-0.1, -0.05) is 17.4 Å². The molecule has 1 aliphatic heterocycles. The van der Waals surface area contributed by atoms with Gasteiger partial charge in [-0.2, -0.15) is 0 Å². The molecule has 8 heteroatoms. The van der Waals surface area contributed by atoms with Crippen LogP contribution in [0.2, 0.25) is 0 Å². The number of ether oxygens (including phenoxy) is 1. The van der Waals surface area contributed by atoms with E-state index in [2.05, 4.69) is 25.8 Å². The van der Waals surface area contributed by atoms with Crippen LogP contribution in [0.25, 0.3) is 0 Å². The third-order valence-corrected chi connectivity index (χ3v) is 4.87. The van der Waals surface area contributed by atoms with E-state index in [4.69, 9.17) is 4.74 Å². The summed E-state index contributed by atoms with van der Waals surface area (Å²) in [4.78, 5) is 16.4. The van der Waals surface area contributed by atoms with Crippen molar-refractivity contribution in [3.8, 4) is 5.75 Å². The maximum Gasteiger partial charge on any atom is 0.257 e. The number of carbonyl (C=O) groups is 1. The summed E-state index contributed by atoms with van der Waals surface area (Å²) >= 11 is 1.30.